The van der Waals surface area contributed by atoms with Crippen LogP contribution in [0.25, 0.3) is 10.2 Å². The van der Waals surface area contributed by atoms with Gasteiger partial charge in [-0.15, -0.1) is 11.3 Å². The van der Waals surface area contributed by atoms with Gasteiger partial charge < -0.3 is 5.32 Å². The first kappa shape index (κ1) is 14.9. The molecule has 0 aliphatic heterocycles. The Morgan fingerprint density at radius 3 is 2.86 bits per heavy atom. The zero-order valence-corrected chi connectivity index (χ0v) is 13.8. The molecule has 0 amide bonds. The summed E-state index contributed by atoms with van der Waals surface area (Å²) in [5, 5.41) is 6.66. The van der Waals surface area contributed by atoms with E-state index in [2.05, 4.69) is 33.0 Å². The molecular formula is C14H21N5S2. The molecule has 2 aromatic heterocycles. The van der Waals surface area contributed by atoms with Gasteiger partial charge in [-0.3, -0.25) is 5.43 Å². The maximum atomic E-state index is 5.47. The minimum absolute atomic E-state index is 0.335. The number of nitrogens with one attached hydrogen (secondary N) is 2. The molecular weight excluding hydrogens is 302 g/mol. The second kappa shape index (κ2) is 6.37. The molecule has 114 valence electrons. The lowest BCUT2D eigenvalue weighted by atomic mass is 9.88. The fourth-order valence-electron chi connectivity index (χ4n) is 2.95. The maximum Gasteiger partial charge on any atom is 0.240 e. The second-order valence-electron chi connectivity index (χ2n) is 5.48. The molecule has 1 fully saturated rings. The molecule has 3 rings (SSSR count). The summed E-state index contributed by atoms with van der Waals surface area (Å²) in [5.41, 5.74) is 2.55. The Bertz CT molecular complexity index is 606. The summed E-state index contributed by atoms with van der Waals surface area (Å²) in [6, 6.07) is 2.06. The first-order chi connectivity index (χ1) is 10.3. The summed E-state index contributed by atoms with van der Waals surface area (Å²) in [4.78, 5) is 9.81. The molecule has 4 N–H and O–H groups in total. The molecule has 1 saturated carbocycles. The van der Waals surface area contributed by atoms with Crippen LogP contribution < -0.4 is 16.6 Å². The van der Waals surface area contributed by atoms with Crippen molar-refractivity contribution in [1.82, 2.24) is 9.97 Å². The van der Waals surface area contributed by atoms with E-state index in [4.69, 9.17) is 5.84 Å². The molecule has 0 unspecified atom stereocenters. The summed E-state index contributed by atoms with van der Waals surface area (Å²) in [6.07, 6.45) is 8.80. The Morgan fingerprint density at radius 1 is 1.33 bits per heavy atom. The Balaban J connectivity index is 1.82. The minimum atomic E-state index is 0.335. The average molecular weight is 323 g/mol. The van der Waals surface area contributed by atoms with Crippen LogP contribution in [0.5, 0.6) is 0 Å². The predicted molar refractivity (Wildman–Crippen MR) is 93.0 cm³/mol. The first-order valence-electron chi connectivity index (χ1n) is 7.27. The fraction of sp³-hybridized carbons (Fsp3) is 0.571. The van der Waals surface area contributed by atoms with E-state index in [1.165, 1.54) is 32.1 Å². The fourth-order valence-corrected chi connectivity index (χ4v) is 4.63. The zero-order chi connectivity index (χ0) is 14.7. The average Bonchev–Trinajstić information content (AvgIpc) is 3.02. The van der Waals surface area contributed by atoms with Crippen molar-refractivity contribution in [1.29, 1.82) is 0 Å². The van der Waals surface area contributed by atoms with Gasteiger partial charge in [0.2, 0.25) is 5.95 Å². The highest BCUT2D eigenvalue weighted by Crippen LogP contribution is 2.39. The summed E-state index contributed by atoms with van der Waals surface area (Å²) >= 11 is 3.59. The molecule has 5 nitrogen and oxygen atoms in total. The minimum Gasteiger partial charge on any atom is -0.368 e. The van der Waals surface area contributed by atoms with E-state index >= 15 is 0 Å². The Labute approximate surface area is 133 Å². The van der Waals surface area contributed by atoms with Gasteiger partial charge in [0.1, 0.15) is 10.6 Å². The molecule has 1 aliphatic carbocycles. The number of nitrogens with zero attached hydrogens (tertiary/aromatic N) is 2. The number of hydrogen-bond donors (Lipinski definition) is 3. The smallest absolute Gasteiger partial charge is 0.240 e. The Kier molecular flexibility index (Phi) is 4.51. The lowest BCUT2D eigenvalue weighted by Crippen LogP contribution is -2.35. The van der Waals surface area contributed by atoms with Crippen LogP contribution in [0.1, 0.15) is 32.1 Å². The van der Waals surface area contributed by atoms with Crippen molar-refractivity contribution in [2.24, 2.45) is 5.84 Å². The maximum absolute atomic E-state index is 5.47. The highest BCUT2D eigenvalue weighted by molar-refractivity contribution is 8.00. The molecule has 2 heterocycles. The third-order valence-electron chi connectivity index (χ3n) is 4.23. The number of hydrogen-bond acceptors (Lipinski definition) is 7. The van der Waals surface area contributed by atoms with Gasteiger partial charge in [0, 0.05) is 11.3 Å². The lowest BCUT2D eigenvalue weighted by Gasteiger charge is -2.36. The van der Waals surface area contributed by atoms with Gasteiger partial charge in [0.25, 0.3) is 0 Å². The molecule has 1 aliphatic rings. The number of thioether (sulfide) groups is 1. The second-order valence-corrected chi connectivity index (χ2v) is 7.65. The number of rotatable bonds is 5. The number of anilines is 2. The van der Waals surface area contributed by atoms with Crippen LogP contribution in [-0.4, -0.2) is 27.5 Å². The van der Waals surface area contributed by atoms with E-state index in [0.29, 0.717) is 10.7 Å². The number of hydrazine groups is 1. The zero-order valence-electron chi connectivity index (χ0n) is 12.2. The first-order valence-corrected chi connectivity index (χ1v) is 9.38. The van der Waals surface area contributed by atoms with Crippen LogP contribution in [0.2, 0.25) is 0 Å². The third kappa shape index (κ3) is 3.09. The quantitative estimate of drug-likeness (QED) is 0.578. The van der Waals surface area contributed by atoms with E-state index in [0.717, 1.165) is 22.6 Å². The van der Waals surface area contributed by atoms with Crippen molar-refractivity contribution in [3.63, 3.8) is 0 Å². The predicted octanol–water partition coefficient (Wildman–Crippen LogP) is 3.45. The van der Waals surface area contributed by atoms with Crippen molar-refractivity contribution in [3.05, 3.63) is 11.4 Å². The van der Waals surface area contributed by atoms with Crippen molar-refractivity contribution >= 4 is 45.1 Å². The molecule has 0 radical (unpaired) electrons. The molecule has 0 aromatic carbocycles. The van der Waals surface area contributed by atoms with Gasteiger partial charge in [0.15, 0.2) is 0 Å². The van der Waals surface area contributed by atoms with E-state index in [-0.39, 0.29) is 0 Å². The Morgan fingerprint density at radius 2 is 2.14 bits per heavy atom. The van der Waals surface area contributed by atoms with Gasteiger partial charge in [0.05, 0.1) is 5.39 Å². The third-order valence-corrected chi connectivity index (χ3v) is 6.46. The molecule has 7 heteroatoms. The monoisotopic (exact) mass is 323 g/mol. The van der Waals surface area contributed by atoms with Gasteiger partial charge in [-0.1, -0.05) is 19.3 Å². The van der Waals surface area contributed by atoms with Crippen molar-refractivity contribution < 1.29 is 0 Å². The van der Waals surface area contributed by atoms with Crippen LogP contribution in [0.3, 0.4) is 0 Å². The highest BCUT2D eigenvalue weighted by Gasteiger charge is 2.31. The number of fused-ring (bicyclic) bond motifs is 1. The van der Waals surface area contributed by atoms with Crippen LogP contribution in [0, 0.1) is 0 Å². The normalized spacial score (nSPS) is 17.8. The SMILES string of the molecule is CSC1(CNc2nc(NN)nc3sccc23)CCCCC1. The summed E-state index contributed by atoms with van der Waals surface area (Å²) < 4.78 is 0.335. The standard InChI is InChI=1S/C14H21N5S2/c1-20-14(6-3-2-4-7-14)9-16-11-10-5-8-21-12(10)18-13(17-11)19-15/h5,8H,2-4,6-7,9,15H2,1H3,(H2,16,17,18,19). The summed E-state index contributed by atoms with van der Waals surface area (Å²) in [5.74, 6) is 6.82. The number of aromatic nitrogens is 2. The number of thiophene rings is 1. The summed E-state index contributed by atoms with van der Waals surface area (Å²) in [6.45, 7) is 0.945. The van der Waals surface area contributed by atoms with E-state index in [1.54, 1.807) is 11.3 Å². The molecule has 21 heavy (non-hydrogen) atoms. The molecule has 0 spiro atoms. The van der Waals surface area contributed by atoms with Crippen molar-refractivity contribution in [2.45, 2.75) is 36.9 Å². The van der Waals surface area contributed by atoms with Gasteiger partial charge in [-0.05, 0) is 30.5 Å². The van der Waals surface area contributed by atoms with E-state index < -0.39 is 0 Å². The lowest BCUT2D eigenvalue weighted by molar-refractivity contribution is 0.411. The Hall–Kier alpha value is -1.05. The molecule has 0 saturated heterocycles. The van der Waals surface area contributed by atoms with Crippen LogP contribution in [-0.2, 0) is 0 Å². The largest absolute Gasteiger partial charge is 0.368 e. The van der Waals surface area contributed by atoms with Gasteiger partial charge >= 0.3 is 0 Å². The van der Waals surface area contributed by atoms with E-state index in [1.807, 2.05) is 17.1 Å². The van der Waals surface area contributed by atoms with Crippen molar-refractivity contribution in [3.8, 4) is 0 Å². The van der Waals surface area contributed by atoms with Crippen LogP contribution in [0.15, 0.2) is 11.4 Å². The van der Waals surface area contributed by atoms with Crippen LogP contribution in [0.4, 0.5) is 11.8 Å². The molecule has 0 atom stereocenters. The molecule has 2 aromatic rings. The highest BCUT2D eigenvalue weighted by atomic mass is 32.2. The van der Waals surface area contributed by atoms with Crippen LogP contribution >= 0.6 is 23.1 Å². The van der Waals surface area contributed by atoms with Crippen molar-refractivity contribution in [2.75, 3.05) is 23.5 Å². The summed E-state index contributed by atoms with van der Waals surface area (Å²) in [7, 11) is 0. The topological polar surface area (TPSA) is 75.9 Å². The number of nitrogens with two attached hydrogens (primary N) is 1. The van der Waals surface area contributed by atoms with Gasteiger partial charge in [-0.2, -0.15) is 16.7 Å². The number of nitrogen functional groups attached to an aromatic ring is 1. The van der Waals surface area contributed by atoms with E-state index in [9.17, 15) is 0 Å². The van der Waals surface area contributed by atoms with Gasteiger partial charge in [-0.25, -0.2) is 10.8 Å². The molecule has 0 bridgehead atoms.